The Kier molecular flexibility index (Phi) is 5.81. The molecule has 5 nitrogen and oxygen atoms in total. The molecule has 0 saturated carbocycles. The zero-order chi connectivity index (χ0) is 20.8. The largest absolute Gasteiger partial charge is 0.342 e. The molecule has 0 aromatic carbocycles. The molecule has 1 aliphatic carbocycles. The van der Waals surface area contributed by atoms with Gasteiger partial charge in [-0.1, -0.05) is 32.5 Å². The lowest BCUT2D eigenvalue weighted by atomic mass is 9.72. The molecule has 3 heterocycles. The summed E-state index contributed by atoms with van der Waals surface area (Å²) in [7, 11) is 2.02. The molecule has 1 fully saturated rings. The number of likely N-dealkylation sites (tertiary alicyclic amines) is 1. The summed E-state index contributed by atoms with van der Waals surface area (Å²) in [5.74, 6) is 1.87. The summed E-state index contributed by atoms with van der Waals surface area (Å²) < 4.78 is 2.05. The van der Waals surface area contributed by atoms with Crippen molar-refractivity contribution in [1.82, 2.24) is 19.7 Å². The number of aryl methyl sites for hydroxylation is 1. The SMILES string of the molecule is CC(Sc1nnc(-c2cc3c(s2)CCC(C(C)(C)C)C3)n1C)C(=O)N1CCCC1. The number of hydrogen-bond acceptors (Lipinski definition) is 5. The maximum Gasteiger partial charge on any atom is 0.235 e. The molecule has 2 unspecified atom stereocenters. The highest BCUT2D eigenvalue weighted by Gasteiger charge is 2.31. The van der Waals surface area contributed by atoms with E-state index in [4.69, 9.17) is 0 Å². The Balaban J connectivity index is 1.49. The number of hydrogen-bond donors (Lipinski definition) is 0. The molecule has 2 aliphatic rings. The second kappa shape index (κ2) is 8.06. The second-order valence-electron chi connectivity index (χ2n) is 9.52. The lowest BCUT2D eigenvalue weighted by Crippen LogP contribution is -2.34. The smallest absolute Gasteiger partial charge is 0.235 e. The van der Waals surface area contributed by atoms with Gasteiger partial charge in [-0.05, 0) is 62.0 Å². The van der Waals surface area contributed by atoms with Gasteiger partial charge in [-0.2, -0.15) is 0 Å². The maximum atomic E-state index is 12.6. The van der Waals surface area contributed by atoms with Crippen molar-refractivity contribution in [3.8, 4) is 10.7 Å². The molecule has 7 heteroatoms. The number of carbonyl (C=O) groups is 1. The summed E-state index contributed by atoms with van der Waals surface area (Å²) in [6.07, 6.45) is 5.85. The molecular formula is C22H32N4OS2. The van der Waals surface area contributed by atoms with Crippen LogP contribution in [-0.4, -0.2) is 43.9 Å². The number of amides is 1. The number of carbonyl (C=O) groups excluding carboxylic acids is 1. The highest BCUT2D eigenvalue weighted by molar-refractivity contribution is 8.00. The van der Waals surface area contributed by atoms with Crippen molar-refractivity contribution >= 4 is 29.0 Å². The molecule has 0 spiro atoms. The van der Waals surface area contributed by atoms with E-state index in [2.05, 4.69) is 41.6 Å². The van der Waals surface area contributed by atoms with E-state index in [9.17, 15) is 4.79 Å². The number of thioether (sulfide) groups is 1. The van der Waals surface area contributed by atoms with Gasteiger partial charge < -0.3 is 9.47 Å². The number of rotatable bonds is 4. The summed E-state index contributed by atoms with van der Waals surface area (Å²) in [6.45, 7) is 10.8. The van der Waals surface area contributed by atoms with Gasteiger partial charge >= 0.3 is 0 Å². The summed E-state index contributed by atoms with van der Waals surface area (Å²) in [6, 6.07) is 2.33. The van der Waals surface area contributed by atoms with Crippen molar-refractivity contribution in [3.05, 3.63) is 16.5 Å². The Morgan fingerprint density at radius 1 is 1.28 bits per heavy atom. The molecule has 2 aromatic heterocycles. The molecule has 2 atom stereocenters. The first-order valence-corrected chi connectivity index (χ1v) is 12.4. The van der Waals surface area contributed by atoms with E-state index in [-0.39, 0.29) is 11.2 Å². The average molecular weight is 433 g/mol. The predicted octanol–water partition coefficient (Wildman–Crippen LogP) is 4.80. The minimum Gasteiger partial charge on any atom is -0.342 e. The zero-order valence-electron chi connectivity index (χ0n) is 18.2. The third-order valence-electron chi connectivity index (χ3n) is 6.41. The molecule has 1 aliphatic heterocycles. The van der Waals surface area contributed by atoms with E-state index in [0.29, 0.717) is 5.41 Å². The Morgan fingerprint density at radius 2 is 2.00 bits per heavy atom. The van der Waals surface area contributed by atoms with Gasteiger partial charge in [-0.3, -0.25) is 4.79 Å². The van der Waals surface area contributed by atoms with Crippen molar-refractivity contribution in [2.45, 2.75) is 70.2 Å². The number of aromatic nitrogens is 3. The van der Waals surface area contributed by atoms with Crippen LogP contribution >= 0.6 is 23.1 Å². The Labute approximate surface area is 182 Å². The van der Waals surface area contributed by atoms with Crippen LogP contribution in [0.2, 0.25) is 0 Å². The van der Waals surface area contributed by atoms with Crippen molar-refractivity contribution < 1.29 is 4.79 Å². The van der Waals surface area contributed by atoms with E-state index < -0.39 is 0 Å². The van der Waals surface area contributed by atoms with Crippen molar-refractivity contribution in [1.29, 1.82) is 0 Å². The van der Waals surface area contributed by atoms with Gasteiger partial charge in [0.1, 0.15) is 0 Å². The summed E-state index contributed by atoms with van der Waals surface area (Å²) in [5, 5.41) is 9.59. The van der Waals surface area contributed by atoms with Gasteiger partial charge in [-0.25, -0.2) is 0 Å². The fraction of sp³-hybridized carbons (Fsp3) is 0.682. The van der Waals surface area contributed by atoms with Crippen LogP contribution in [0.15, 0.2) is 11.2 Å². The molecule has 0 bridgehead atoms. The zero-order valence-corrected chi connectivity index (χ0v) is 19.8. The first kappa shape index (κ1) is 20.9. The molecule has 1 amide bonds. The third-order valence-corrected chi connectivity index (χ3v) is 8.77. The Morgan fingerprint density at radius 3 is 2.69 bits per heavy atom. The normalized spacial score (nSPS) is 20.7. The van der Waals surface area contributed by atoms with Crippen LogP contribution in [-0.2, 0) is 24.7 Å². The molecule has 2 aromatic rings. The quantitative estimate of drug-likeness (QED) is 0.651. The van der Waals surface area contributed by atoms with Gasteiger partial charge in [0.25, 0.3) is 0 Å². The van der Waals surface area contributed by atoms with Crippen LogP contribution in [0, 0.1) is 11.3 Å². The second-order valence-corrected chi connectivity index (χ2v) is 12.0. The summed E-state index contributed by atoms with van der Waals surface area (Å²) in [5.41, 5.74) is 1.85. The third kappa shape index (κ3) is 4.26. The van der Waals surface area contributed by atoms with E-state index in [0.717, 1.165) is 49.3 Å². The minimum absolute atomic E-state index is 0.132. The van der Waals surface area contributed by atoms with Gasteiger partial charge in [0, 0.05) is 25.0 Å². The monoisotopic (exact) mass is 432 g/mol. The molecule has 29 heavy (non-hydrogen) atoms. The van der Waals surface area contributed by atoms with Crippen LogP contribution in [0.4, 0.5) is 0 Å². The topological polar surface area (TPSA) is 51.0 Å². The van der Waals surface area contributed by atoms with E-state index >= 15 is 0 Å². The molecule has 0 radical (unpaired) electrons. The minimum atomic E-state index is -0.132. The first-order chi connectivity index (χ1) is 13.7. The van der Waals surface area contributed by atoms with Crippen LogP contribution in [0.3, 0.4) is 0 Å². The summed E-state index contributed by atoms with van der Waals surface area (Å²) >= 11 is 3.39. The molecular weight excluding hydrogens is 400 g/mol. The van der Waals surface area contributed by atoms with Crippen LogP contribution in [0.25, 0.3) is 10.7 Å². The predicted molar refractivity (Wildman–Crippen MR) is 120 cm³/mol. The van der Waals surface area contributed by atoms with Gasteiger partial charge in [0.2, 0.25) is 5.91 Å². The lowest BCUT2D eigenvalue weighted by molar-refractivity contribution is -0.129. The highest BCUT2D eigenvalue weighted by Crippen LogP contribution is 2.42. The molecule has 1 saturated heterocycles. The maximum absolute atomic E-state index is 12.6. The fourth-order valence-corrected chi connectivity index (χ4v) is 6.54. The Bertz CT molecular complexity index is 889. The van der Waals surface area contributed by atoms with Gasteiger partial charge in [0.15, 0.2) is 11.0 Å². The van der Waals surface area contributed by atoms with Crippen molar-refractivity contribution in [2.24, 2.45) is 18.4 Å². The van der Waals surface area contributed by atoms with Gasteiger partial charge in [-0.15, -0.1) is 21.5 Å². The molecule has 4 rings (SSSR count). The number of fused-ring (bicyclic) bond motifs is 1. The number of thiophene rings is 1. The summed E-state index contributed by atoms with van der Waals surface area (Å²) in [4.78, 5) is 17.3. The molecule has 0 N–H and O–H groups in total. The van der Waals surface area contributed by atoms with Crippen LogP contribution in [0.5, 0.6) is 0 Å². The van der Waals surface area contributed by atoms with Gasteiger partial charge in [0.05, 0.1) is 10.1 Å². The van der Waals surface area contributed by atoms with E-state index in [1.807, 2.05) is 30.2 Å². The number of nitrogens with zero attached hydrogens (tertiary/aromatic N) is 4. The van der Waals surface area contributed by atoms with Crippen LogP contribution in [0.1, 0.15) is 57.4 Å². The van der Waals surface area contributed by atoms with Crippen LogP contribution < -0.4 is 0 Å². The lowest BCUT2D eigenvalue weighted by Gasteiger charge is -2.33. The highest BCUT2D eigenvalue weighted by atomic mass is 32.2. The standard InChI is InChI=1S/C22H32N4OS2/c1-14(20(27)26-10-6-7-11-26)28-21-24-23-19(25(21)5)18-13-15-12-16(22(2,3)4)8-9-17(15)29-18/h13-14,16H,6-12H2,1-5H3. The van der Waals surface area contributed by atoms with E-state index in [1.54, 1.807) is 0 Å². The first-order valence-electron chi connectivity index (χ1n) is 10.7. The van der Waals surface area contributed by atoms with E-state index in [1.165, 1.54) is 39.9 Å². The molecule has 158 valence electrons. The van der Waals surface area contributed by atoms with Crippen molar-refractivity contribution in [2.75, 3.05) is 13.1 Å². The average Bonchev–Trinajstić information content (AvgIpc) is 3.40. The Hall–Kier alpha value is -1.34. The van der Waals surface area contributed by atoms with Crippen molar-refractivity contribution in [3.63, 3.8) is 0 Å². The fourth-order valence-electron chi connectivity index (χ4n) is 4.41.